The Labute approximate surface area is 100 Å². The van der Waals surface area contributed by atoms with Crippen LogP contribution in [0.3, 0.4) is 0 Å². The molecule has 2 N–H and O–H groups in total. The average molecular weight is 232 g/mol. The van der Waals surface area contributed by atoms with Crippen LogP contribution in [0.5, 0.6) is 0 Å². The molecule has 0 atom stereocenters. The molecule has 0 aliphatic rings. The van der Waals surface area contributed by atoms with Crippen LogP contribution in [-0.2, 0) is 9.59 Å². The molecule has 0 aromatic rings. The van der Waals surface area contributed by atoms with Gasteiger partial charge in [0, 0.05) is 12.8 Å². The molecule has 0 bridgehead atoms. The van der Waals surface area contributed by atoms with Gasteiger partial charge in [0.1, 0.15) is 16.3 Å². The molecule has 0 aliphatic carbocycles. The lowest BCUT2D eigenvalue weighted by Gasteiger charge is -1.91. The van der Waals surface area contributed by atoms with Gasteiger partial charge in [-0.05, 0) is 0 Å². The highest BCUT2D eigenvalue weighted by Crippen LogP contribution is 1.92. The minimum absolute atomic E-state index is 0.222. The van der Waals surface area contributed by atoms with Crippen LogP contribution in [0.1, 0.15) is 40.5 Å². The first-order valence-corrected chi connectivity index (χ1v) is 5.76. The molecule has 0 spiro atoms. The van der Waals surface area contributed by atoms with E-state index in [1.165, 1.54) is 5.28 Å². The van der Waals surface area contributed by atoms with Crippen molar-refractivity contribution >= 4 is 28.2 Å². The lowest BCUT2D eigenvalue weighted by atomic mass is 10.3. The predicted molar refractivity (Wildman–Crippen MR) is 61.3 cm³/mol. The summed E-state index contributed by atoms with van der Waals surface area (Å²) >= 11 is 2.69. The van der Waals surface area contributed by atoms with E-state index in [9.17, 15) is 9.59 Å². The van der Waals surface area contributed by atoms with Crippen molar-refractivity contribution in [2.45, 2.75) is 45.8 Å². The summed E-state index contributed by atoms with van der Waals surface area (Å²) in [6.07, 6.45) is 0.444. The summed E-state index contributed by atoms with van der Waals surface area (Å²) in [5.74, 6) is -0.644. The fourth-order valence-corrected chi connectivity index (χ4v) is 0. The quantitative estimate of drug-likeness (QED) is 0.731. The summed E-state index contributed by atoms with van der Waals surface area (Å²) < 4.78 is 0. The van der Waals surface area contributed by atoms with Gasteiger partial charge in [-0.2, -0.15) is 0 Å². The van der Waals surface area contributed by atoms with Gasteiger partial charge in [0.15, 0.2) is 0 Å². The molecule has 0 amide bonds. The van der Waals surface area contributed by atoms with Crippen LogP contribution in [0.2, 0.25) is 5.28 Å². The molecular weight excluding hydrogens is 211 g/mol. The van der Waals surface area contributed by atoms with Gasteiger partial charge in [0.05, 0.1) is 0 Å². The fraction of sp³-hybridized carbons (Fsp3) is 0.800. The van der Waals surface area contributed by atoms with Crippen molar-refractivity contribution in [3.05, 3.63) is 0 Å². The number of rotatable bonds is 3. The average Bonchev–Trinajstić information content (AvgIpc) is 2.19. The molecule has 0 aromatic heterocycles. The van der Waals surface area contributed by atoms with Crippen molar-refractivity contribution in [3.63, 3.8) is 0 Å². The van der Waals surface area contributed by atoms with Gasteiger partial charge in [-0.25, -0.2) is 0 Å². The lowest BCUT2D eigenvalue weighted by Crippen LogP contribution is -1.86. The second-order valence-electron chi connectivity index (χ2n) is 3.12. The smallest absolute Gasteiger partial charge is 0.303 e. The topological polar surface area (TPSA) is 74.6 Å². The zero-order valence-corrected chi connectivity index (χ0v) is 11.1. The molecule has 0 saturated carbocycles. The Morgan fingerprint density at radius 2 is 1.20 bits per heavy atom. The van der Waals surface area contributed by atoms with E-state index in [4.69, 9.17) is 10.2 Å². The Bertz CT molecular complexity index is 144. The van der Waals surface area contributed by atoms with Crippen LogP contribution in [-0.4, -0.2) is 38.4 Å². The molecule has 2 radical (unpaired) electrons. The Balaban J connectivity index is -0.000000144. The first kappa shape index (κ1) is 20.0. The maximum Gasteiger partial charge on any atom is 0.303 e. The zero-order chi connectivity index (χ0) is 12.9. The van der Waals surface area contributed by atoms with Crippen molar-refractivity contribution in [1.29, 1.82) is 0 Å². The number of carbonyl (C=O) groups is 2. The number of hydrogen-bond acceptors (Lipinski definition) is 2. The largest absolute Gasteiger partial charge is 0.481 e. The summed E-state index contributed by atoms with van der Waals surface area (Å²) in [4.78, 5) is 18.7. The molecule has 0 aromatic carbocycles. The van der Waals surface area contributed by atoms with E-state index >= 15 is 0 Å². The third-order valence-corrected chi connectivity index (χ3v) is 2.02. The van der Waals surface area contributed by atoms with Crippen LogP contribution in [0.15, 0.2) is 0 Å². The number of carboxylic acids is 2. The molecule has 4 nitrogen and oxygen atoms in total. The Kier molecular flexibility index (Phi) is 21.2. The maximum absolute atomic E-state index is 9.37. The van der Waals surface area contributed by atoms with E-state index in [-0.39, 0.29) is 12.8 Å². The molecule has 0 heterocycles. The highest BCUT2D eigenvalue weighted by Gasteiger charge is 1.81. The molecule has 0 unspecified atom stereocenters. The van der Waals surface area contributed by atoms with E-state index in [2.05, 4.69) is 30.1 Å². The molecule has 15 heavy (non-hydrogen) atoms. The van der Waals surface area contributed by atoms with E-state index in [0.29, 0.717) is 0 Å². The Morgan fingerprint density at radius 3 is 1.20 bits per heavy atom. The highest BCUT2D eigenvalue weighted by molar-refractivity contribution is 6.08. The van der Waals surface area contributed by atoms with Gasteiger partial charge in [0.2, 0.25) is 0 Å². The van der Waals surface area contributed by atoms with Crippen LogP contribution in [0.4, 0.5) is 0 Å². The van der Waals surface area contributed by atoms with Gasteiger partial charge in [-0.3, -0.25) is 9.59 Å². The molecule has 0 fully saturated rings. The van der Waals surface area contributed by atoms with Crippen LogP contribution < -0.4 is 0 Å². The maximum atomic E-state index is 9.37. The van der Waals surface area contributed by atoms with Gasteiger partial charge in [-0.1, -0.05) is 33.6 Å². The predicted octanol–water partition coefficient (Wildman–Crippen LogP) is 2.19. The van der Waals surface area contributed by atoms with Crippen molar-refractivity contribution in [2.24, 2.45) is 5.92 Å². The second-order valence-corrected chi connectivity index (χ2v) is 3.60. The lowest BCUT2D eigenvalue weighted by molar-refractivity contribution is -0.137. The minimum atomic E-state index is -0.745. The Hall–Kier alpha value is -0.528. The molecule has 88 valence electrons. The third-order valence-electron chi connectivity index (χ3n) is 1.08. The molecule has 0 saturated heterocycles. The van der Waals surface area contributed by atoms with Gasteiger partial charge in [-0.15, -0.1) is 5.28 Å². The fourth-order valence-electron chi connectivity index (χ4n) is 0. The van der Waals surface area contributed by atoms with Crippen LogP contribution in [0.25, 0.3) is 0 Å². The zero-order valence-electron chi connectivity index (χ0n) is 9.99. The van der Waals surface area contributed by atoms with E-state index in [0.717, 1.165) is 5.92 Å². The minimum Gasteiger partial charge on any atom is -0.481 e. The molecular formula is C10H21AlO4. The SMILES string of the molecule is CC(C)[CH2][Al].CCC(=O)O.CCC(=O)O. The summed E-state index contributed by atoms with van der Waals surface area (Å²) in [6, 6.07) is 0. The number of hydrogen-bond donors (Lipinski definition) is 2. The summed E-state index contributed by atoms with van der Waals surface area (Å²) in [5.41, 5.74) is 0. The van der Waals surface area contributed by atoms with Gasteiger partial charge in [0.25, 0.3) is 0 Å². The first-order chi connectivity index (χ1) is 6.81. The number of aliphatic carboxylic acids is 2. The monoisotopic (exact) mass is 232 g/mol. The number of carboxylic acid groups (broad SMARTS) is 2. The summed E-state index contributed by atoms with van der Waals surface area (Å²) in [6.45, 7) is 7.60. The molecule has 0 rings (SSSR count). The van der Waals surface area contributed by atoms with Crippen molar-refractivity contribution in [3.8, 4) is 0 Å². The van der Waals surface area contributed by atoms with Gasteiger partial charge < -0.3 is 10.2 Å². The Morgan fingerprint density at radius 1 is 1.07 bits per heavy atom. The van der Waals surface area contributed by atoms with E-state index in [1.54, 1.807) is 13.8 Å². The van der Waals surface area contributed by atoms with Crippen molar-refractivity contribution in [2.75, 3.05) is 0 Å². The van der Waals surface area contributed by atoms with E-state index < -0.39 is 11.9 Å². The molecule has 5 heteroatoms. The first-order valence-electron chi connectivity index (χ1n) is 4.95. The molecule has 0 aliphatic heterocycles. The van der Waals surface area contributed by atoms with Crippen LogP contribution in [0, 0.1) is 5.92 Å². The highest BCUT2D eigenvalue weighted by atomic mass is 27.0. The summed E-state index contributed by atoms with van der Waals surface area (Å²) in [7, 11) is 0. The van der Waals surface area contributed by atoms with Crippen molar-refractivity contribution in [1.82, 2.24) is 0 Å². The van der Waals surface area contributed by atoms with Crippen molar-refractivity contribution < 1.29 is 19.8 Å². The summed E-state index contributed by atoms with van der Waals surface area (Å²) in [5, 5.41) is 16.7. The van der Waals surface area contributed by atoms with E-state index in [1.807, 2.05) is 0 Å². The van der Waals surface area contributed by atoms with Gasteiger partial charge >= 0.3 is 11.9 Å². The standard InChI is InChI=1S/C4H9.2C3H6O2.Al/c1-4(2)3;2*1-2-3(4)5;/h4H,1H2,2-3H3;2*2H2,1H3,(H,4,5);. The van der Waals surface area contributed by atoms with Crippen LogP contribution >= 0.6 is 0 Å². The second kappa shape index (κ2) is 15.9. The normalized spacial score (nSPS) is 8.07. The third kappa shape index (κ3) is 59.2.